The molecule has 0 aromatic heterocycles. The molecule has 4 aromatic carbocycles. The van der Waals surface area contributed by atoms with Gasteiger partial charge in [-0.05, 0) is 53.2 Å². The highest BCUT2D eigenvalue weighted by molar-refractivity contribution is 5.85. The molecule has 3 atom stereocenters. The molecule has 0 heterocycles. The molecule has 45 heavy (non-hydrogen) atoms. The van der Waals surface area contributed by atoms with Crippen LogP contribution in [0.5, 0.6) is 0 Å². The van der Waals surface area contributed by atoms with Gasteiger partial charge in [0.2, 0.25) is 0 Å². The lowest BCUT2D eigenvalue weighted by Gasteiger charge is -2.34. The number of rotatable bonds is 4. The standard InChI is InChI=1S/C41H34O4/c1-44-38-25-30-14-3-7-18-34(30)40(42,36-20-9-5-16-32(36)38)23-22-28-12-11-13-29(24-28)27-41(43)35-19-8-4-15-31(35)26-39(45-2)33-17-6-10-21-37(33)41/h3-12,14-21,24-26,29,42-43H,13,27H2,1-2H3. The van der Waals surface area contributed by atoms with Crippen molar-refractivity contribution in [1.82, 2.24) is 0 Å². The summed E-state index contributed by atoms with van der Waals surface area (Å²) in [5.74, 6) is 7.98. The van der Waals surface area contributed by atoms with Gasteiger partial charge in [0, 0.05) is 27.8 Å². The first kappa shape index (κ1) is 28.7. The van der Waals surface area contributed by atoms with Gasteiger partial charge in [-0.15, -0.1) is 0 Å². The van der Waals surface area contributed by atoms with Gasteiger partial charge < -0.3 is 19.7 Å². The summed E-state index contributed by atoms with van der Waals surface area (Å²) in [7, 11) is 3.31. The van der Waals surface area contributed by atoms with Crippen LogP contribution in [0.1, 0.15) is 57.3 Å². The Balaban J connectivity index is 1.29. The number of allylic oxidation sites excluding steroid dienone is 4. The molecule has 0 fully saturated rings. The minimum absolute atomic E-state index is 0.000355. The van der Waals surface area contributed by atoms with Crippen LogP contribution < -0.4 is 0 Å². The van der Waals surface area contributed by atoms with Crippen molar-refractivity contribution in [2.75, 3.05) is 14.2 Å². The molecular formula is C41H34O4. The number of methoxy groups -OCH3 is 2. The molecule has 0 spiro atoms. The molecule has 7 rings (SSSR count). The third-order valence-corrected chi connectivity index (χ3v) is 9.09. The molecule has 0 amide bonds. The number of fused-ring (bicyclic) bond motifs is 4. The van der Waals surface area contributed by atoms with Crippen molar-refractivity contribution in [3.63, 3.8) is 0 Å². The van der Waals surface area contributed by atoms with Crippen LogP contribution in [0.3, 0.4) is 0 Å². The molecular weight excluding hydrogens is 556 g/mol. The maximum atomic E-state index is 12.6. The van der Waals surface area contributed by atoms with E-state index < -0.39 is 11.2 Å². The number of ether oxygens (including phenoxy) is 2. The molecule has 3 aliphatic rings. The van der Waals surface area contributed by atoms with Crippen LogP contribution in [0, 0.1) is 17.8 Å². The topological polar surface area (TPSA) is 58.9 Å². The first-order valence-corrected chi connectivity index (χ1v) is 15.2. The van der Waals surface area contributed by atoms with Gasteiger partial charge in [-0.2, -0.15) is 0 Å². The lowest BCUT2D eigenvalue weighted by Crippen LogP contribution is -2.31. The minimum atomic E-state index is -1.56. The molecule has 2 N–H and O–H groups in total. The molecule has 0 bridgehead atoms. The summed E-state index contributed by atoms with van der Waals surface area (Å²) in [6.45, 7) is 0. The molecule has 0 aliphatic heterocycles. The lowest BCUT2D eigenvalue weighted by atomic mass is 9.75. The minimum Gasteiger partial charge on any atom is -0.496 e. The van der Waals surface area contributed by atoms with Gasteiger partial charge in [0.25, 0.3) is 0 Å². The van der Waals surface area contributed by atoms with E-state index in [9.17, 15) is 10.2 Å². The van der Waals surface area contributed by atoms with Crippen molar-refractivity contribution in [3.05, 3.63) is 165 Å². The van der Waals surface area contributed by atoms with Crippen molar-refractivity contribution < 1.29 is 19.7 Å². The Bertz CT molecular complexity index is 1980. The van der Waals surface area contributed by atoms with E-state index >= 15 is 0 Å². The zero-order valence-electron chi connectivity index (χ0n) is 25.3. The summed E-state index contributed by atoms with van der Waals surface area (Å²) < 4.78 is 11.6. The monoisotopic (exact) mass is 590 g/mol. The van der Waals surface area contributed by atoms with Crippen molar-refractivity contribution >= 4 is 23.7 Å². The average molecular weight is 591 g/mol. The molecule has 4 nitrogen and oxygen atoms in total. The van der Waals surface area contributed by atoms with Gasteiger partial charge in [0.05, 0.1) is 14.2 Å². The molecule has 0 radical (unpaired) electrons. The Morgan fingerprint density at radius 3 is 1.89 bits per heavy atom. The lowest BCUT2D eigenvalue weighted by molar-refractivity contribution is 0.0584. The number of hydrogen-bond donors (Lipinski definition) is 2. The fourth-order valence-corrected chi connectivity index (χ4v) is 6.96. The van der Waals surface area contributed by atoms with Crippen LogP contribution in [-0.4, -0.2) is 24.4 Å². The van der Waals surface area contributed by atoms with Crippen LogP contribution in [-0.2, 0) is 20.7 Å². The number of aliphatic hydroxyl groups is 2. The van der Waals surface area contributed by atoms with E-state index in [1.165, 1.54) is 0 Å². The number of benzene rings is 4. The molecule has 4 aromatic rings. The largest absolute Gasteiger partial charge is 0.496 e. The third kappa shape index (κ3) is 4.91. The van der Waals surface area contributed by atoms with Crippen LogP contribution in [0.4, 0.5) is 0 Å². The maximum Gasteiger partial charge on any atom is 0.178 e. The summed E-state index contributed by atoms with van der Waals surface area (Å²) in [4.78, 5) is 0. The summed E-state index contributed by atoms with van der Waals surface area (Å²) in [5.41, 5.74) is 4.50. The fraction of sp³-hybridized carbons (Fsp3) is 0.171. The van der Waals surface area contributed by atoms with Crippen LogP contribution in [0.2, 0.25) is 0 Å². The Labute approximate surface area is 264 Å². The Hall–Kier alpha value is -5.08. The molecule has 0 saturated carbocycles. The van der Waals surface area contributed by atoms with Crippen molar-refractivity contribution in [1.29, 1.82) is 0 Å². The molecule has 3 aliphatic carbocycles. The van der Waals surface area contributed by atoms with E-state index in [4.69, 9.17) is 9.47 Å². The fourth-order valence-electron chi connectivity index (χ4n) is 6.96. The van der Waals surface area contributed by atoms with E-state index in [0.717, 1.165) is 51.1 Å². The second-order valence-electron chi connectivity index (χ2n) is 11.7. The summed E-state index contributed by atoms with van der Waals surface area (Å²) in [5, 5.41) is 25.0. The Morgan fingerprint density at radius 2 is 1.22 bits per heavy atom. The van der Waals surface area contributed by atoms with Crippen LogP contribution >= 0.6 is 0 Å². The van der Waals surface area contributed by atoms with Crippen molar-refractivity contribution in [2.45, 2.75) is 24.0 Å². The quantitative estimate of drug-likeness (QED) is 0.240. The maximum absolute atomic E-state index is 12.6. The van der Waals surface area contributed by atoms with Gasteiger partial charge in [-0.3, -0.25) is 0 Å². The molecule has 0 saturated heterocycles. The molecule has 222 valence electrons. The zero-order chi connectivity index (χ0) is 31.0. The van der Waals surface area contributed by atoms with Gasteiger partial charge in [-0.25, -0.2) is 0 Å². The second kappa shape index (κ2) is 11.4. The summed E-state index contributed by atoms with van der Waals surface area (Å²) in [6, 6.07) is 31.4. The van der Waals surface area contributed by atoms with E-state index in [1.807, 2.05) is 115 Å². The van der Waals surface area contributed by atoms with Crippen molar-refractivity contribution in [2.24, 2.45) is 5.92 Å². The van der Waals surface area contributed by atoms with Gasteiger partial charge in [0.15, 0.2) is 5.60 Å². The highest BCUT2D eigenvalue weighted by atomic mass is 16.5. The average Bonchev–Trinajstić information content (AvgIpc) is 3.26. The normalized spacial score (nSPS) is 22.8. The number of hydrogen-bond acceptors (Lipinski definition) is 4. The Morgan fingerprint density at radius 1 is 0.689 bits per heavy atom. The van der Waals surface area contributed by atoms with Gasteiger partial charge in [0.1, 0.15) is 17.1 Å². The predicted octanol–water partition coefficient (Wildman–Crippen LogP) is 7.67. The first-order chi connectivity index (χ1) is 21.9. The van der Waals surface area contributed by atoms with Crippen LogP contribution in [0.25, 0.3) is 23.7 Å². The summed E-state index contributed by atoms with van der Waals surface area (Å²) >= 11 is 0. The predicted molar refractivity (Wildman–Crippen MR) is 179 cm³/mol. The molecule has 4 heteroatoms. The van der Waals surface area contributed by atoms with E-state index in [1.54, 1.807) is 14.2 Å². The highest BCUT2D eigenvalue weighted by Gasteiger charge is 2.40. The zero-order valence-corrected chi connectivity index (χ0v) is 25.3. The Kier molecular flexibility index (Phi) is 7.30. The van der Waals surface area contributed by atoms with E-state index in [0.29, 0.717) is 23.3 Å². The van der Waals surface area contributed by atoms with Gasteiger partial charge in [-0.1, -0.05) is 127 Å². The first-order valence-electron chi connectivity index (χ1n) is 15.2. The molecule has 3 unspecified atom stereocenters. The smallest absolute Gasteiger partial charge is 0.178 e. The highest BCUT2D eigenvalue weighted by Crippen LogP contribution is 2.46. The van der Waals surface area contributed by atoms with E-state index in [2.05, 4.69) is 24.0 Å². The summed E-state index contributed by atoms with van der Waals surface area (Å²) in [6.07, 6.45) is 11.4. The van der Waals surface area contributed by atoms with Crippen molar-refractivity contribution in [3.8, 4) is 11.8 Å². The second-order valence-corrected chi connectivity index (χ2v) is 11.7. The van der Waals surface area contributed by atoms with E-state index in [-0.39, 0.29) is 5.92 Å². The third-order valence-electron chi connectivity index (χ3n) is 9.09. The SMILES string of the molecule is COC1=Cc2ccccc2C(O)(C#CC2=CC(CC3(O)c4ccccc4C=C(OC)c4ccccc43)CC=C2)c2ccccc21. The van der Waals surface area contributed by atoms with Crippen LogP contribution in [0.15, 0.2) is 121 Å². The van der Waals surface area contributed by atoms with Gasteiger partial charge >= 0.3 is 0 Å².